The van der Waals surface area contributed by atoms with E-state index in [9.17, 15) is 8.78 Å². The maximum absolute atomic E-state index is 12.4. The zero-order chi connectivity index (χ0) is 15.0. The van der Waals surface area contributed by atoms with Gasteiger partial charge in [0, 0.05) is 25.7 Å². The lowest BCUT2D eigenvalue weighted by molar-refractivity contribution is -0.0504. The Labute approximate surface area is 141 Å². The summed E-state index contributed by atoms with van der Waals surface area (Å²) in [6.45, 7) is 2.30. The number of hydrogen-bond acceptors (Lipinski definition) is 2. The quantitative estimate of drug-likeness (QED) is 0.428. The molecule has 0 bridgehead atoms. The summed E-state index contributed by atoms with van der Waals surface area (Å²) in [7, 11) is 1.66. The second kappa shape index (κ2) is 10.6. The fourth-order valence-electron chi connectivity index (χ4n) is 1.70. The number of benzene rings is 1. The number of ether oxygens (including phenoxy) is 1. The molecule has 0 heterocycles. The number of aryl methyl sites for hydroxylation is 1. The monoisotopic (exact) mass is 413 g/mol. The normalized spacial score (nSPS) is 11.0. The van der Waals surface area contributed by atoms with Crippen LogP contribution >= 0.6 is 24.0 Å². The van der Waals surface area contributed by atoms with E-state index in [1.54, 1.807) is 19.2 Å². The zero-order valence-electron chi connectivity index (χ0n) is 12.5. The van der Waals surface area contributed by atoms with E-state index in [-0.39, 0.29) is 29.7 Å². The molecule has 0 fully saturated rings. The van der Waals surface area contributed by atoms with E-state index < -0.39 is 6.61 Å². The van der Waals surface area contributed by atoms with Crippen LogP contribution < -0.4 is 15.4 Å². The van der Waals surface area contributed by atoms with Gasteiger partial charge in [-0.15, -0.1) is 24.0 Å². The van der Waals surface area contributed by atoms with Crippen molar-refractivity contribution in [2.45, 2.75) is 33.4 Å². The van der Waals surface area contributed by atoms with Gasteiger partial charge in [-0.05, 0) is 19.4 Å². The van der Waals surface area contributed by atoms with Crippen molar-refractivity contribution in [3.05, 3.63) is 29.3 Å². The minimum atomic E-state index is -2.83. The molecule has 120 valence electrons. The van der Waals surface area contributed by atoms with Gasteiger partial charge in [-0.25, -0.2) is 0 Å². The lowest BCUT2D eigenvalue weighted by atomic mass is 10.1. The Hall–Kier alpha value is -1.12. The Morgan fingerprint density at radius 3 is 2.62 bits per heavy atom. The van der Waals surface area contributed by atoms with E-state index in [4.69, 9.17) is 0 Å². The van der Waals surface area contributed by atoms with Crippen molar-refractivity contribution in [3.8, 4) is 5.75 Å². The standard InChI is InChI=1S/C14H21F2N3O.HI/c1-4-7-18-14(17-3)19-9-11-8-10(2)5-6-12(11)20-13(15)16;/h5-6,8,13H,4,7,9H2,1-3H3,(H2,17,18,19);1H. The van der Waals surface area contributed by atoms with Crippen LogP contribution in [0.1, 0.15) is 24.5 Å². The van der Waals surface area contributed by atoms with Crippen LogP contribution in [-0.4, -0.2) is 26.2 Å². The van der Waals surface area contributed by atoms with Gasteiger partial charge in [0.25, 0.3) is 0 Å². The third-order valence-electron chi connectivity index (χ3n) is 2.64. The summed E-state index contributed by atoms with van der Waals surface area (Å²) in [5.41, 5.74) is 1.66. The van der Waals surface area contributed by atoms with Crippen molar-refractivity contribution >= 4 is 29.9 Å². The van der Waals surface area contributed by atoms with Gasteiger partial charge in [-0.1, -0.05) is 24.6 Å². The van der Waals surface area contributed by atoms with E-state index >= 15 is 0 Å². The summed E-state index contributed by atoms with van der Waals surface area (Å²) < 4.78 is 29.2. The van der Waals surface area contributed by atoms with Gasteiger partial charge in [0.1, 0.15) is 5.75 Å². The number of rotatable bonds is 6. The third kappa shape index (κ3) is 7.45. The van der Waals surface area contributed by atoms with E-state index in [0.29, 0.717) is 18.1 Å². The first-order valence-electron chi connectivity index (χ1n) is 6.55. The van der Waals surface area contributed by atoms with Crippen molar-refractivity contribution in [2.75, 3.05) is 13.6 Å². The summed E-state index contributed by atoms with van der Waals surface area (Å²) in [6, 6.07) is 5.12. The first-order chi connectivity index (χ1) is 9.56. The van der Waals surface area contributed by atoms with Crippen molar-refractivity contribution in [1.29, 1.82) is 0 Å². The Balaban J connectivity index is 0.00000400. The van der Waals surface area contributed by atoms with E-state index in [1.165, 1.54) is 0 Å². The number of hydrogen-bond donors (Lipinski definition) is 2. The highest BCUT2D eigenvalue weighted by Gasteiger charge is 2.10. The molecule has 0 spiro atoms. The van der Waals surface area contributed by atoms with Crippen molar-refractivity contribution in [1.82, 2.24) is 10.6 Å². The third-order valence-corrected chi connectivity index (χ3v) is 2.64. The van der Waals surface area contributed by atoms with Gasteiger partial charge in [-0.3, -0.25) is 4.99 Å². The Bertz CT molecular complexity index is 456. The molecule has 0 saturated heterocycles. The summed E-state index contributed by atoms with van der Waals surface area (Å²) in [4.78, 5) is 4.06. The number of alkyl halides is 2. The predicted octanol–water partition coefficient (Wildman–Crippen LogP) is 3.29. The number of halogens is 3. The van der Waals surface area contributed by atoms with Crippen LogP contribution in [0.2, 0.25) is 0 Å². The molecule has 1 aromatic rings. The maximum atomic E-state index is 12.4. The van der Waals surface area contributed by atoms with Gasteiger partial charge in [0.2, 0.25) is 0 Å². The summed E-state index contributed by atoms with van der Waals surface area (Å²) in [6.07, 6.45) is 0.977. The Morgan fingerprint density at radius 1 is 1.33 bits per heavy atom. The molecular formula is C14H22F2IN3O. The summed E-state index contributed by atoms with van der Waals surface area (Å²) >= 11 is 0. The second-order valence-electron chi connectivity index (χ2n) is 4.34. The molecule has 2 N–H and O–H groups in total. The Kier molecular flexibility index (Phi) is 10.0. The molecule has 21 heavy (non-hydrogen) atoms. The van der Waals surface area contributed by atoms with Crippen LogP contribution in [0.4, 0.5) is 8.78 Å². The lowest BCUT2D eigenvalue weighted by Gasteiger charge is -2.14. The molecular weight excluding hydrogens is 391 g/mol. The van der Waals surface area contributed by atoms with Gasteiger partial charge >= 0.3 is 6.61 Å². The maximum Gasteiger partial charge on any atom is 0.387 e. The van der Waals surface area contributed by atoms with Crippen LogP contribution in [-0.2, 0) is 6.54 Å². The lowest BCUT2D eigenvalue weighted by Crippen LogP contribution is -2.37. The molecule has 0 aliphatic carbocycles. The Morgan fingerprint density at radius 2 is 2.05 bits per heavy atom. The average Bonchev–Trinajstić information content (AvgIpc) is 2.41. The molecule has 1 rings (SSSR count). The smallest absolute Gasteiger partial charge is 0.387 e. The van der Waals surface area contributed by atoms with Crippen LogP contribution in [0.25, 0.3) is 0 Å². The molecule has 0 unspecified atom stereocenters. The fourth-order valence-corrected chi connectivity index (χ4v) is 1.70. The first-order valence-corrected chi connectivity index (χ1v) is 6.55. The molecule has 0 aromatic heterocycles. The van der Waals surface area contributed by atoms with Crippen molar-refractivity contribution in [2.24, 2.45) is 4.99 Å². The number of nitrogens with one attached hydrogen (secondary N) is 2. The van der Waals surface area contributed by atoms with E-state index in [0.717, 1.165) is 18.5 Å². The molecule has 7 heteroatoms. The topological polar surface area (TPSA) is 45.7 Å². The highest BCUT2D eigenvalue weighted by atomic mass is 127. The van der Waals surface area contributed by atoms with Gasteiger partial charge in [-0.2, -0.15) is 8.78 Å². The molecule has 1 aromatic carbocycles. The number of guanidine groups is 1. The van der Waals surface area contributed by atoms with Crippen molar-refractivity contribution in [3.63, 3.8) is 0 Å². The molecule has 0 atom stereocenters. The minimum Gasteiger partial charge on any atom is -0.434 e. The van der Waals surface area contributed by atoms with Gasteiger partial charge < -0.3 is 15.4 Å². The predicted molar refractivity (Wildman–Crippen MR) is 91.7 cm³/mol. The van der Waals surface area contributed by atoms with Crippen LogP contribution in [0.5, 0.6) is 5.75 Å². The minimum absolute atomic E-state index is 0. The molecule has 0 radical (unpaired) electrons. The zero-order valence-corrected chi connectivity index (χ0v) is 14.8. The fraction of sp³-hybridized carbons (Fsp3) is 0.500. The molecule has 0 amide bonds. The first kappa shape index (κ1) is 19.9. The largest absolute Gasteiger partial charge is 0.434 e. The van der Waals surface area contributed by atoms with E-state index in [1.807, 2.05) is 13.0 Å². The summed E-state index contributed by atoms with van der Waals surface area (Å²) in [5, 5.41) is 6.19. The molecule has 0 saturated carbocycles. The highest BCUT2D eigenvalue weighted by molar-refractivity contribution is 14.0. The van der Waals surface area contributed by atoms with Crippen molar-refractivity contribution < 1.29 is 13.5 Å². The number of aliphatic imine (C=N–C) groups is 1. The highest BCUT2D eigenvalue weighted by Crippen LogP contribution is 2.21. The number of nitrogens with zero attached hydrogens (tertiary/aromatic N) is 1. The molecule has 0 aliphatic heterocycles. The van der Waals surface area contributed by atoms with Gasteiger partial charge in [0.05, 0.1) is 0 Å². The van der Waals surface area contributed by atoms with Gasteiger partial charge in [0.15, 0.2) is 5.96 Å². The van der Waals surface area contributed by atoms with Crippen LogP contribution in [0.15, 0.2) is 23.2 Å². The SMILES string of the molecule is CCCNC(=NC)NCc1cc(C)ccc1OC(F)F.I. The van der Waals surface area contributed by atoms with Crippen LogP contribution in [0, 0.1) is 6.92 Å². The summed E-state index contributed by atoms with van der Waals surface area (Å²) in [5.74, 6) is 0.820. The molecule has 4 nitrogen and oxygen atoms in total. The average molecular weight is 413 g/mol. The second-order valence-corrected chi connectivity index (χ2v) is 4.34. The van der Waals surface area contributed by atoms with E-state index in [2.05, 4.69) is 27.3 Å². The van der Waals surface area contributed by atoms with Crippen LogP contribution in [0.3, 0.4) is 0 Å². The molecule has 0 aliphatic rings.